The van der Waals surface area contributed by atoms with Gasteiger partial charge in [-0.3, -0.25) is 0 Å². The van der Waals surface area contributed by atoms with E-state index in [1.165, 1.54) is 51.4 Å². The van der Waals surface area contributed by atoms with E-state index in [1.807, 2.05) is 0 Å². The Morgan fingerprint density at radius 2 is 0.917 bits per heavy atom. The summed E-state index contributed by atoms with van der Waals surface area (Å²) in [5.41, 5.74) is 0. The fourth-order valence-corrected chi connectivity index (χ4v) is 2.69. The second kappa shape index (κ2) is 17.9. The van der Waals surface area contributed by atoms with Crippen LogP contribution in [0.3, 0.4) is 0 Å². The Morgan fingerprint density at radius 1 is 0.583 bits per heavy atom. The van der Waals surface area contributed by atoms with Crippen LogP contribution in [0, 0.1) is 22.7 Å². The second-order valence-corrected chi connectivity index (χ2v) is 6.63. The maximum atomic E-state index is 9.16. The highest BCUT2D eigenvalue weighted by Crippen LogP contribution is 2.13. The number of azo groups is 1. The Morgan fingerprint density at radius 3 is 1.25 bits per heavy atom. The molecule has 0 saturated heterocycles. The van der Waals surface area contributed by atoms with Crippen LogP contribution in [0.2, 0.25) is 0 Å². The van der Waals surface area contributed by atoms with Crippen molar-refractivity contribution < 1.29 is 0 Å². The van der Waals surface area contributed by atoms with Crippen LogP contribution in [-0.2, 0) is 0 Å². The first-order chi connectivity index (χ1) is 11.8. The monoisotopic (exact) mass is 332 g/mol. The van der Waals surface area contributed by atoms with E-state index in [1.54, 1.807) is 0 Å². The molecule has 0 N–H and O–H groups in total. The molecule has 0 aromatic rings. The van der Waals surface area contributed by atoms with Crippen LogP contribution in [0.4, 0.5) is 0 Å². The van der Waals surface area contributed by atoms with Crippen molar-refractivity contribution in [1.29, 1.82) is 10.5 Å². The van der Waals surface area contributed by atoms with Gasteiger partial charge in [-0.05, 0) is 12.8 Å². The lowest BCUT2D eigenvalue weighted by Gasteiger charge is -2.05. The number of nitrogens with zero attached hydrogens (tertiary/aromatic N) is 4. The van der Waals surface area contributed by atoms with Gasteiger partial charge in [-0.1, -0.05) is 90.9 Å². The molecular formula is C20H36N4. The Kier molecular flexibility index (Phi) is 16.9. The van der Waals surface area contributed by atoms with E-state index in [0.717, 1.165) is 38.5 Å². The molecule has 0 aliphatic rings. The molecule has 0 spiro atoms. The minimum atomic E-state index is -0.378. The predicted molar refractivity (Wildman–Crippen MR) is 99.6 cm³/mol. The van der Waals surface area contributed by atoms with Crippen molar-refractivity contribution in [3.8, 4) is 12.1 Å². The highest BCUT2D eigenvalue weighted by atomic mass is 15.1. The Bertz CT molecular complexity index is 342. The van der Waals surface area contributed by atoms with Gasteiger partial charge in [-0.2, -0.15) is 20.8 Å². The molecule has 0 aromatic carbocycles. The molecule has 4 nitrogen and oxygen atoms in total. The Hall–Kier alpha value is -1.42. The molecule has 0 rings (SSSR count). The van der Waals surface area contributed by atoms with Gasteiger partial charge in [0.1, 0.15) is 0 Å². The zero-order valence-electron chi connectivity index (χ0n) is 15.8. The van der Waals surface area contributed by atoms with Crippen molar-refractivity contribution in [1.82, 2.24) is 0 Å². The standard InChI is InChI=1S/C20H36N4/c1-3-5-7-9-11-13-15-19(17-21)23-24-20(18-22)16-14-12-10-8-6-4-2/h19-20H,3-16H2,1-2H3. The van der Waals surface area contributed by atoms with Crippen LogP contribution in [0.1, 0.15) is 104 Å². The van der Waals surface area contributed by atoms with Crippen LogP contribution < -0.4 is 0 Å². The zero-order valence-corrected chi connectivity index (χ0v) is 15.8. The molecule has 0 aliphatic heterocycles. The van der Waals surface area contributed by atoms with Gasteiger partial charge in [0.05, 0.1) is 12.1 Å². The van der Waals surface area contributed by atoms with Gasteiger partial charge in [-0.25, -0.2) is 0 Å². The topological polar surface area (TPSA) is 72.3 Å². The first-order valence-electron chi connectivity index (χ1n) is 9.97. The molecule has 136 valence electrons. The van der Waals surface area contributed by atoms with E-state index in [2.05, 4.69) is 36.2 Å². The molecular weight excluding hydrogens is 296 g/mol. The van der Waals surface area contributed by atoms with Crippen molar-refractivity contribution in [2.75, 3.05) is 0 Å². The number of hydrogen-bond donors (Lipinski definition) is 0. The highest BCUT2D eigenvalue weighted by molar-refractivity contribution is 4.92. The van der Waals surface area contributed by atoms with Gasteiger partial charge >= 0.3 is 0 Å². The third-order valence-corrected chi connectivity index (χ3v) is 4.31. The zero-order chi connectivity index (χ0) is 17.9. The summed E-state index contributed by atoms with van der Waals surface area (Å²) < 4.78 is 0. The largest absolute Gasteiger partial charge is 0.196 e. The molecule has 0 radical (unpaired) electrons. The van der Waals surface area contributed by atoms with Gasteiger partial charge < -0.3 is 0 Å². The van der Waals surface area contributed by atoms with Crippen molar-refractivity contribution in [3.63, 3.8) is 0 Å². The predicted octanol–water partition coefficient (Wildman–Crippen LogP) is 6.72. The maximum absolute atomic E-state index is 9.16. The van der Waals surface area contributed by atoms with Gasteiger partial charge in [0, 0.05) is 0 Å². The van der Waals surface area contributed by atoms with Crippen molar-refractivity contribution in [2.24, 2.45) is 10.2 Å². The van der Waals surface area contributed by atoms with E-state index in [-0.39, 0.29) is 12.1 Å². The molecule has 0 aromatic heterocycles. The van der Waals surface area contributed by atoms with Crippen LogP contribution in [0.25, 0.3) is 0 Å². The first kappa shape index (κ1) is 22.6. The minimum absolute atomic E-state index is 0.378. The minimum Gasteiger partial charge on any atom is -0.196 e. The molecule has 4 heteroatoms. The van der Waals surface area contributed by atoms with Crippen molar-refractivity contribution in [3.05, 3.63) is 0 Å². The number of unbranched alkanes of at least 4 members (excludes halogenated alkanes) is 10. The van der Waals surface area contributed by atoms with E-state index >= 15 is 0 Å². The third kappa shape index (κ3) is 14.2. The quantitative estimate of drug-likeness (QED) is 0.232. The van der Waals surface area contributed by atoms with Crippen molar-refractivity contribution in [2.45, 2.75) is 116 Å². The Labute approximate surface area is 149 Å². The molecule has 2 atom stereocenters. The summed E-state index contributed by atoms with van der Waals surface area (Å²) in [6.45, 7) is 4.42. The number of rotatable bonds is 16. The lowest BCUT2D eigenvalue weighted by molar-refractivity contribution is 0.542. The molecule has 0 heterocycles. The van der Waals surface area contributed by atoms with E-state index in [0.29, 0.717) is 0 Å². The fraction of sp³-hybridized carbons (Fsp3) is 0.900. The number of nitriles is 2. The molecule has 0 fully saturated rings. The normalized spacial score (nSPS) is 13.5. The average molecular weight is 333 g/mol. The summed E-state index contributed by atoms with van der Waals surface area (Å²) in [6.07, 6.45) is 16.0. The van der Waals surface area contributed by atoms with Crippen LogP contribution in [0.15, 0.2) is 10.2 Å². The summed E-state index contributed by atoms with van der Waals surface area (Å²) in [7, 11) is 0. The molecule has 2 unspecified atom stereocenters. The molecule has 0 amide bonds. The van der Waals surface area contributed by atoms with Crippen LogP contribution >= 0.6 is 0 Å². The molecule has 0 saturated carbocycles. The van der Waals surface area contributed by atoms with Gasteiger partial charge in [-0.15, -0.1) is 0 Å². The van der Waals surface area contributed by atoms with Gasteiger partial charge in [0.15, 0.2) is 12.1 Å². The highest BCUT2D eigenvalue weighted by Gasteiger charge is 2.08. The fourth-order valence-electron chi connectivity index (χ4n) is 2.69. The van der Waals surface area contributed by atoms with Gasteiger partial charge in [0.2, 0.25) is 0 Å². The number of hydrogen-bond acceptors (Lipinski definition) is 4. The van der Waals surface area contributed by atoms with Crippen LogP contribution in [-0.4, -0.2) is 12.1 Å². The maximum Gasteiger partial charge on any atom is 0.157 e. The summed E-state index contributed by atoms with van der Waals surface area (Å²) >= 11 is 0. The first-order valence-corrected chi connectivity index (χ1v) is 9.97. The Balaban J connectivity index is 3.88. The lowest BCUT2D eigenvalue weighted by Crippen LogP contribution is -2.04. The smallest absolute Gasteiger partial charge is 0.157 e. The SMILES string of the molecule is CCCCCCCCC(C#N)N=NC(C#N)CCCCCCCC. The summed E-state index contributed by atoms with van der Waals surface area (Å²) in [6, 6.07) is 3.65. The van der Waals surface area contributed by atoms with Gasteiger partial charge in [0.25, 0.3) is 0 Å². The van der Waals surface area contributed by atoms with E-state index < -0.39 is 0 Å². The second-order valence-electron chi connectivity index (χ2n) is 6.63. The van der Waals surface area contributed by atoms with E-state index in [4.69, 9.17) is 10.5 Å². The van der Waals surface area contributed by atoms with Crippen LogP contribution in [0.5, 0.6) is 0 Å². The lowest BCUT2D eigenvalue weighted by atomic mass is 10.1. The average Bonchev–Trinajstić information content (AvgIpc) is 2.61. The third-order valence-electron chi connectivity index (χ3n) is 4.31. The van der Waals surface area contributed by atoms with E-state index in [9.17, 15) is 0 Å². The summed E-state index contributed by atoms with van der Waals surface area (Å²) in [5.74, 6) is 0. The summed E-state index contributed by atoms with van der Waals surface area (Å²) in [5, 5.41) is 26.6. The molecule has 0 bridgehead atoms. The molecule has 24 heavy (non-hydrogen) atoms. The van der Waals surface area contributed by atoms with Crippen molar-refractivity contribution >= 4 is 0 Å². The molecule has 0 aliphatic carbocycles. The summed E-state index contributed by atoms with van der Waals surface area (Å²) in [4.78, 5) is 0.